The largest absolute Gasteiger partial charge is 0.484 e. The van der Waals surface area contributed by atoms with Gasteiger partial charge in [-0.25, -0.2) is 0 Å². The molecule has 1 aliphatic rings. The molecule has 0 aliphatic carbocycles. The second-order valence-corrected chi connectivity index (χ2v) is 5.64. The minimum atomic E-state index is -5.01. The van der Waals surface area contributed by atoms with Crippen LogP contribution < -0.4 is 4.74 Å². The van der Waals surface area contributed by atoms with Gasteiger partial charge in [-0.3, -0.25) is 4.79 Å². The lowest BCUT2D eigenvalue weighted by molar-refractivity contribution is -0.302. The maximum atomic E-state index is 13.0. The Labute approximate surface area is 131 Å². The van der Waals surface area contributed by atoms with Crippen molar-refractivity contribution in [3.8, 4) is 5.75 Å². The number of aliphatic hydroxyl groups is 1. The van der Waals surface area contributed by atoms with Crippen LogP contribution in [0.15, 0.2) is 23.3 Å². The number of halogens is 3. The van der Waals surface area contributed by atoms with E-state index in [1.54, 1.807) is 12.1 Å². The van der Waals surface area contributed by atoms with Crippen LogP contribution in [0.25, 0.3) is 0 Å². The molecule has 1 N–H and O–H groups in total. The zero-order chi connectivity index (χ0) is 17.4. The summed E-state index contributed by atoms with van der Waals surface area (Å²) in [7, 11) is 0. The number of hydrogen-bond donors (Lipinski definition) is 1. The molecule has 5 nitrogen and oxygen atoms in total. The van der Waals surface area contributed by atoms with Gasteiger partial charge in [-0.15, -0.1) is 0 Å². The van der Waals surface area contributed by atoms with Gasteiger partial charge in [-0.05, 0) is 44.0 Å². The molecule has 0 bridgehead atoms. The van der Waals surface area contributed by atoms with Gasteiger partial charge in [-0.1, -0.05) is 6.07 Å². The van der Waals surface area contributed by atoms with Crippen molar-refractivity contribution in [3.05, 3.63) is 29.3 Å². The number of carbonyl (C=O) groups is 1. The van der Waals surface area contributed by atoms with Crippen molar-refractivity contribution in [1.82, 2.24) is 5.01 Å². The number of aryl methyl sites for hydroxylation is 2. The van der Waals surface area contributed by atoms with Crippen molar-refractivity contribution in [2.24, 2.45) is 5.10 Å². The third-order valence-corrected chi connectivity index (χ3v) is 3.37. The maximum Gasteiger partial charge on any atom is 0.438 e. The van der Waals surface area contributed by atoms with E-state index in [2.05, 4.69) is 5.10 Å². The summed E-state index contributed by atoms with van der Waals surface area (Å²) in [6.45, 7) is 4.32. The fourth-order valence-electron chi connectivity index (χ4n) is 2.43. The predicted octanol–water partition coefficient (Wildman–Crippen LogP) is 2.54. The number of rotatable bonds is 3. The number of hydrazone groups is 1. The topological polar surface area (TPSA) is 62.1 Å². The first-order valence-corrected chi connectivity index (χ1v) is 6.90. The molecule has 1 aromatic rings. The Morgan fingerprint density at radius 3 is 2.39 bits per heavy atom. The number of ether oxygens (including phenoxy) is 1. The molecule has 1 aromatic carbocycles. The Morgan fingerprint density at radius 1 is 1.30 bits per heavy atom. The minimum absolute atomic E-state index is 0.0181. The molecule has 1 heterocycles. The summed E-state index contributed by atoms with van der Waals surface area (Å²) in [4.78, 5) is 12.0. The van der Waals surface area contributed by atoms with E-state index in [4.69, 9.17) is 4.74 Å². The molecule has 0 aromatic heterocycles. The summed E-state index contributed by atoms with van der Waals surface area (Å²) >= 11 is 0. The Kier molecular flexibility index (Phi) is 4.39. The second kappa shape index (κ2) is 5.84. The zero-order valence-electron chi connectivity index (χ0n) is 12.9. The standard InChI is InChI=1S/C15H17F3N2O3/c1-9-4-10(2)6-12(5-9)23-8-13(21)20-14(22,15(16,17)18)7-11(3)19-20/h4-6,22H,7-8H2,1-3H3/t14-/m1/s1. The van der Waals surface area contributed by atoms with E-state index >= 15 is 0 Å². The number of hydrogen-bond acceptors (Lipinski definition) is 4. The van der Waals surface area contributed by atoms with E-state index < -0.39 is 30.8 Å². The number of nitrogens with zero attached hydrogens (tertiary/aromatic N) is 2. The van der Waals surface area contributed by atoms with E-state index in [0.717, 1.165) is 11.1 Å². The van der Waals surface area contributed by atoms with Crippen LogP contribution in [0.2, 0.25) is 0 Å². The van der Waals surface area contributed by atoms with Gasteiger partial charge < -0.3 is 9.84 Å². The van der Waals surface area contributed by atoms with Crippen molar-refractivity contribution in [1.29, 1.82) is 0 Å². The van der Waals surface area contributed by atoms with Gasteiger partial charge in [0.1, 0.15) is 5.75 Å². The molecule has 1 atom stereocenters. The van der Waals surface area contributed by atoms with E-state index in [1.807, 2.05) is 19.9 Å². The monoisotopic (exact) mass is 330 g/mol. The van der Waals surface area contributed by atoms with E-state index in [9.17, 15) is 23.1 Å². The van der Waals surface area contributed by atoms with Gasteiger partial charge in [0.25, 0.3) is 11.6 Å². The summed E-state index contributed by atoms with van der Waals surface area (Å²) in [5.74, 6) is -0.702. The van der Waals surface area contributed by atoms with E-state index in [-0.39, 0.29) is 10.7 Å². The summed E-state index contributed by atoms with van der Waals surface area (Å²) in [5.41, 5.74) is -1.51. The van der Waals surface area contributed by atoms with Gasteiger partial charge >= 0.3 is 6.18 Å². The van der Waals surface area contributed by atoms with Crippen molar-refractivity contribution >= 4 is 11.6 Å². The van der Waals surface area contributed by atoms with Crippen LogP contribution in [-0.2, 0) is 4.79 Å². The van der Waals surface area contributed by atoms with Gasteiger partial charge in [0, 0.05) is 12.1 Å². The van der Waals surface area contributed by atoms with Crippen LogP contribution in [-0.4, -0.2) is 40.2 Å². The van der Waals surface area contributed by atoms with Crippen molar-refractivity contribution in [2.45, 2.75) is 39.1 Å². The lowest BCUT2D eigenvalue weighted by Crippen LogP contribution is -2.57. The molecular weight excluding hydrogens is 313 g/mol. The van der Waals surface area contributed by atoms with Crippen LogP contribution in [0.4, 0.5) is 13.2 Å². The molecule has 0 fully saturated rings. The number of carbonyl (C=O) groups excluding carboxylic acids is 1. The van der Waals surface area contributed by atoms with Crippen molar-refractivity contribution < 1.29 is 27.8 Å². The lowest BCUT2D eigenvalue weighted by atomic mass is 10.1. The van der Waals surface area contributed by atoms with Gasteiger partial charge in [0.05, 0.1) is 0 Å². The van der Waals surface area contributed by atoms with Crippen LogP contribution in [0, 0.1) is 13.8 Å². The normalized spacial score (nSPS) is 21.3. The Balaban J connectivity index is 2.13. The third kappa shape index (κ3) is 3.47. The number of alkyl halides is 3. The molecular formula is C15H17F3N2O3. The molecule has 0 unspecified atom stereocenters. The molecule has 0 saturated carbocycles. The number of benzene rings is 1. The van der Waals surface area contributed by atoms with Gasteiger partial charge in [-0.2, -0.15) is 23.3 Å². The Bertz CT molecular complexity index is 638. The fraction of sp³-hybridized carbons (Fsp3) is 0.467. The fourth-order valence-corrected chi connectivity index (χ4v) is 2.43. The molecule has 0 saturated heterocycles. The average molecular weight is 330 g/mol. The molecule has 2 rings (SSSR count). The van der Waals surface area contributed by atoms with E-state index in [1.165, 1.54) is 6.92 Å². The van der Waals surface area contributed by atoms with Crippen LogP contribution >= 0.6 is 0 Å². The SMILES string of the molecule is CC1=NN(C(=O)COc2cc(C)cc(C)c2)[C@](O)(C(F)(F)F)C1. The Morgan fingerprint density at radius 2 is 1.87 bits per heavy atom. The molecule has 1 aliphatic heterocycles. The lowest BCUT2D eigenvalue weighted by Gasteiger charge is -2.32. The molecule has 0 radical (unpaired) electrons. The summed E-state index contributed by atoms with van der Waals surface area (Å²) < 4.78 is 44.4. The molecule has 1 amide bonds. The smallest absolute Gasteiger partial charge is 0.438 e. The third-order valence-electron chi connectivity index (χ3n) is 3.37. The quantitative estimate of drug-likeness (QED) is 0.926. The maximum absolute atomic E-state index is 13.0. The number of amides is 1. The van der Waals surface area contributed by atoms with Crippen molar-refractivity contribution in [2.75, 3.05) is 6.61 Å². The molecule has 126 valence electrons. The highest BCUT2D eigenvalue weighted by atomic mass is 19.4. The summed E-state index contributed by atoms with van der Waals surface area (Å²) in [5, 5.41) is 13.4. The Hall–Kier alpha value is -2.09. The first kappa shape index (κ1) is 17.3. The van der Waals surface area contributed by atoms with E-state index in [0.29, 0.717) is 5.75 Å². The van der Waals surface area contributed by atoms with Gasteiger partial charge in [0.15, 0.2) is 6.61 Å². The second-order valence-electron chi connectivity index (χ2n) is 5.64. The highest BCUT2D eigenvalue weighted by molar-refractivity contribution is 5.89. The van der Waals surface area contributed by atoms with Gasteiger partial charge in [0.2, 0.25) is 0 Å². The zero-order valence-corrected chi connectivity index (χ0v) is 12.9. The summed E-state index contributed by atoms with van der Waals surface area (Å²) in [6, 6.07) is 5.22. The first-order valence-electron chi connectivity index (χ1n) is 6.90. The minimum Gasteiger partial charge on any atom is -0.484 e. The first-order chi connectivity index (χ1) is 10.5. The van der Waals surface area contributed by atoms with Crippen molar-refractivity contribution in [3.63, 3.8) is 0 Å². The molecule has 23 heavy (non-hydrogen) atoms. The predicted molar refractivity (Wildman–Crippen MR) is 77.0 cm³/mol. The van der Waals surface area contributed by atoms with Crippen LogP contribution in [0.1, 0.15) is 24.5 Å². The highest BCUT2D eigenvalue weighted by Gasteiger charge is 2.62. The molecule has 8 heteroatoms. The molecule has 0 spiro atoms. The van der Waals surface area contributed by atoms with Crippen LogP contribution in [0.3, 0.4) is 0 Å². The summed E-state index contributed by atoms with van der Waals surface area (Å²) in [6.07, 6.45) is -5.78. The average Bonchev–Trinajstić information content (AvgIpc) is 2.71. The highest BCUT2D eigenvalue weighted by Crippen LogP contribution is 2.40. The van der Waals surface area contributed by atoms with Crippen LogP contribution in [0.5, 0.6) is 5.75 Å².